The van der Waals surface area contributed by atoms with Gasteiger partial charge in [0.15, 0.2) is 6.61 Å². The summed E-state index contributed by atoms with van der Waals surface area (Å²) in [5.41, 5.74) is 2.08. The number of hydrogen-bond acceptors (Lipinski definition) is 3. The number of benzene rings is 2. The third kappa shape index (κ3) is 3.95. The van der Waals surface area contributed by atoms with E-state index in [0.717, 1.165) is 5.56 Å². The van der Waals surface area contributed by atoms with Crippen LogP contribution in [0.15, 0.2) is 54.6 Å². The molecule has 0 atom stereocenters. The largest absolute Gasteiger partial charge is 0.452 e. The molecule has 0 aliphatic heterocycles. The van der Waals surface area contributed by atoms with Crippen molar-refractivity contribution in [3.63, 3.8) is 0 Å². The summed E-state index contributed by atoms with van der Waals surface area (Å²) < 4.78 is 4.97. The zero-order valence-corrected chi connectivity index (χ0v) is 11.1. The molecule has 0 unspecified atom stereocenters. The maximum Gasteiger partial charge on any atom is 0.338 e. The van der Waals surface area contributed by atoms with Crippen LogP contribution in [0, 0.1) is 6.92 Å². The highest BCUT2D eigenvalue weighted by Crippen LogP contribution is 2.07. The van der Waals surface area contributed by atoms with Crippen LogP contribution in [0.5, 0.6) is 0 Å². The second kappa shape index (κ2) is 6.52. The summed E-state index contributed by atoms with van der Waals surface area (Å²) in [4.78, 5) is 23.4. The average molecular weight is 269 g/mol. The van der Waals surface area contributed by atoms with Crippen molar-refractivity contribution >= 4 is 17.6 Å². The van der Waals surface area contributed by atoms with E-state index >= 15 is 0 Å². The second-order valence-electron chi connectivity index (χ2n) is 4.36. The third-order valence-corrected chi connectivity index (χ3v) is 2.65. The summed E-state index contributed by atoms with van der Waals surface area (Å²) in [7, 11) is 0. The van der Waals surface area contributed by atoms with Crippen LogP contribution in [0.4, 0.5) is 5.69 Å². The second-order valence-corrected chi connectivity index (χ2v) is 4.36. The molecule has 4 nitrogen and oxygen atoms in total. The van der Waals surface area contributed by atoms with Gasteiger partial charge in [-0.25, -0.2) is 4.79 Å². The Kier molecular flexibility index (Phi) is 4.50. The van der Waals surface area contributed by atoms with E-state index in [0.29, 0.717) is 11.3 Å². The van der Waals surface area contributed by atoms with Crippen LogP contribution in [0.25, 0.3) is 0 Å². The fourth-order valence-corrected chi connectivity index (χ4v) is 1.71. The molecule has 102 valence electrons. The molecule has 0 saturated heterocycles. The number of nitrogens with one attached hydrogen (secondary N) is 1. The first-order chi connectivity index (χ1) is 9.65. The topological polar surface area (TPSA) is 55.4 Å². The minimum Gasteiger partial charge on any atom is -0.452 e. The lowest BCUT2D eigenvalue weighted by molar-refractivity contribution is -0.119. The summed E-state index contributed by atoms with van der Waals surface area (Å²) in [6.45, 7) is 1.58. The molecule has 2 rings (SSSR count). The highest BCUT2D eigenvalue weighted by Gasteiger charge is 2.10. The molecule has 0 heterocycles. The van der Waals surface area contributed by atoms with Gasteiger partial charge in [0.05, 0.1) is 5.56 Å². The van der Waals surface area contributed by atoms with Gasteiger partial charge in [-0.1, -0.05) is 35.9 Å². The van der Waals surface area contributed by atoms with E-state index in [1.165, 1.54) is 0 Å². The van der Waals surface area contributed by atoms with Crippen LogP contribution in [-0.2, 0) is 9.53 Å². The standard InChI is InChI=1S/C16H15NO3/c1-12-6-5-7-13(10-12)16(19)20-11-15(18)17-14-8-3-2-4-9-14/h2-10H,11H2,1H3,(H,17,18). The molecule has 1 amide bonds. The number of rotatable bonds is 4. The summed E-state index contributed by atoms with van der Waals surface area (Å²) in [5.74, 6) is -0.867. The molecular weight excluding hydrogens is 254 g/mol. The van der Waals surface area contributed by atoms with Gasteiger partial charge >= 0.3 is 5.97 Å². The van der Waals surface area contributed by atoms with E-state index in [2.05, 4.69) is 5.32 Å². The molecule has 0 saturated carbocycles. The number of carbonyl (C=O) groups is 2. The molecule has 20 heavy (non-hydrogen) atoms. The van der Waals surface area contributed by atoms with E-state index in [-0.39, 0.29) is 12.5 Å². The first-order valence-corrected chi connectivity index (χ1v) is 6.24. The molecule has 0 aliphatic carbocycles. The normalized spacial score (nSPS) is 9.85. The van der Waals surface area contributed by atoms with Gasteiger partial charge in [0.25, 0.3) is 5.91 Å². The van der Waals surface area contributed by atoms with Crippen molar-refractivity contribution in [3.05, 3.63) is 65.7 Å². The van der Waals surface area contributed by atoms with Crippen molar-refractivity contribution in [2.75, 3.05) is 11.9 Å². The van der Waals surface area contributed by atoms with E-state index in [1.54, 1.807) is 30.3 Å². The molecule has 4 heteroatoms. The lowest BCUT2D eigenvalue weighted by atomic mass is 10.1. The van der Waals surface area contributed by atoms with Gasteiger partial charge < -0.3 is 10.1 Å². The Morgan fingerprint density at radius 3 is 2.50 bits per heavy atom. The maximum absolute atomic E-state index is 11.8. The van der Waals surface area contributed by atoms with Crippen molar-refractivity contribution in [2.24, 2.45) is 0 Å². The molecule has 2 aromatic rings. The van der Waals surface area contributed by atoms with Crippen molar-refractivity contribution in [3.8, 4) is 0 Å². The van der Waals surface area contributed by atoms with Crippen molar-refractivity contribution in [2.45, 2.75) is 6.92 Å². The first-order valence-electron chi connectivity index (χ1n) is 6.24. The number of amides is 1. The van der Waals surface area contributed by atoms with Gasteiger partial charge in [-0.2, -0.15) is 0 Å². The number of aryl methyl sites for hydroxylation is 1. The lowest BCUT2D eigenvalue weighted by Gasteiger charge is -2.06. The highest BCUT2D eigenvalue weighted by atomic mass is 16.5. The number of hydrogen-bond donors (Lipinski definition) is 1. The monoisotopic (exact) mass is 269 g/mol. The van der Waals surface area contributed by atoms with Crippen LogP contribution in [0.1, 0.15) is 15.9 Å². The number of ether oxygens (including phenoxy) is 1. The Morgan fingerprint density at radius 1 is 1.05 bits per heavy atom. The van der Waals surface area contributed by atoms with E-state index in [4.69, 9.17) is 4.74 Å². The summed E-state index contributed by atoms with van der Waals surface area (Å²) in [6, 6.07) is 16.0. The zero-order chi connectivity index (χ0) is 14.4. The smallest absolute Gasteiger partial charge is 0.338 e. The Labute approximate surface area is 117 Å². The number of anilines is 1. The summed E-state index contributed by atoms with van der Waals surface area (Å²) >= 11 is 0. The number of para-hydroxylation sites is 1. The van der Waals surface area contributed by atoms with Crippen LogP contribution in [0.3, 0.4) is 0 Å². The van der Waals surface area contributed by atoms with E-state index in [9.17, 15) is 9.59 Å². The van der Waals surface area contributed by atoms with Crippen LogP contribution >= 0.6 is 0 Å². The summed E-state index contributed by atoms with van der Waals surface area (Å²) in [6.07, 6.45) is 0. The fourth-order valence-electron chi connectivity index (χ4n) is 1.71. The van der Waals surface area contributed by atoms with Crippen LogP contribution in [0.2, 0.25) is 0 Å². The fraction of sp³-hybridized carbons (Fsp3) is 0.125. The van der Waals surface area contributed by atoms with Gasteiger partial charge in [-0.3, -0.25) is 4.79 Å². The molecular formula is C16H15NO3. The van der Waals surface area contributed by atoms with Crippen molar-refractivity contribution < 1.29 is 14.3 Å². The molecule has 0 radical (unpaired) electrons. The van der Waals surface area contributed by atoms with Gasteiger partial charge in [0, 0.05) is 5.69 Å². The zero-order valence-electron chi connectivity index (χ0n) is 11.1. The Morgan fingerprint density at radius 2 is 1.80 bits per heavy atom. The number of esters is 1. The highest BCUT2D eigenvalue weighted by molar-refractivity contribution is 5.95. The molecule has 0 fully saturated rings. The lowest BCUT2D eigenvalue weighted by Crippen LogP contribution is -2.20. The molecule has 0 spiro atoms. The Balaban J connectivity index is 1.86. The molecule has 0 aromatic heterocycles. The van der Waals surface area contributed by atoms with Crippen molar-refractivity contribution in [1.29, 1.82) is 0 Å². The quantitative estimate of drug-likeness (QED) is 0.868. The minimum atomic E-state index is -0.503. The van der Waals surface area contributed by atoms with Crippen LogP contribution < -0.4 is 5.32 Å². The first kappa shape index (κ1) is 13.8. The van der Waals surface area contributed by atoms with Gasteiger partial charge in [0.1, 0.15) is 0 Å². The summed E-state index contributed by atoms with van der Waals surface area (Å²) in [5, 5.41) is 2.64. The molecule has 1 N–H and O–H groups in total. The Hall–Kier alpha value is -2.62. The predicted molar refractivity (Wildman–Crippen MR) is 76.5 cm³/mol. The third-order valence-electron chi connectivity index (χ3n) is 2.65. The molecule has 0 aliphatic rings. The predicted octanol–water partition coefficient (Wildman–Crippen LogP) is 2.79. The Bertz CT molecular complexity index is 608. The average Bonchev–Trinajstić information content (AvgIpc) is 2.46. The van der Waals surface area contributed by atoms with Crippen molar-refractivity contribution in [1.82, 2.24) is 0 Å². The van der Waals surface area contributed by atoms with E-state index < -0.39 is 5.97 Å². The maximum atomic E-state index is 11.8. The van der Waals surface area contributed by atoms with Gasteiger partial charge in [-0.15, -0.1) is 0 Å². The SMILES string of the molecule is Cc1cccc(C(=O)OCC(=O)Nc2ccccc2)c1. The molecule has 0 bridgehead atoms. The van der Waals surface area contributed by atoms with Crippen LogP contribution in [-0.4, -0.2) is 18.5 Å². The van der Waals surface area contributed by atoms with Gasteiger partial charge in [-0.05, 0) is 31.2 Å². The molecule has 2 aromatic carbocycles. The van der Waals surface area contributed by atoms with Gasteiger partial charge in [0.2, 0.25) is 0 Å². The minimum absolute atomic E-state index is 0.304. The number of carbonyl (C=O) groups excluding carboxylic acids is 2. The van der Waals surface area contributed by atoms with E-state index in [1.807, 2.05) is 31.2 Å².